The van der Waals surface area contributed by atoms with Crippen LogP contribution in [0.15, 0.2) is 43.0 Å². The Morgan fingerprint density at radius 3 is 2.31 bits per heavy atom. The summed E-state index contributed by atoms with van der Waals surface area (Å²) in [6.07, 6.45) is 4.63. The minimum Gasteiger partial charge on any atom is -0.298 e. The van der Waals surface area contributed by atoms with Crippen molar-refractivity contribution in [2.75, 3.05) is 0 Å². The van der Waals surface area contributed by atoms with Gasteiger partial charge in [0.1, 0.15) is 6.29 Å². The van der Waals surface area contributed by atoms with Crippen LogP contribution in [0.25, 0.3) is 5.57 Å². The van der Waals surface area contributed by atoms with Crippen LogP contribution in [0.5, 0.6) is 0 Å². The zero-order chi connectivity index (χ0) is 9.68. The van der Waals surface area contributed by atoms with Crippen LogP contribution in [0.1, 0.15) is 22.8 Å². The molecule has 1 rings (SSSR count). The molecular formula is C12H12O. The Balaban J connectivity index is 3.04. The SMILES string of the molecule is C=C/C(=C\C)c1ccc(C=O)cc1. The molecule has 0 radical (unpaired) electrons. The third kappa shape index (κ3) is 2.15. The molecule has 0 fully saturated rings. The molecule has 1 aromatic carbocycles. The lowest BCUT2D eigenvalue weighted by atomic mass is 10.0. The van der Waals surface area contributed by atoms with E-state index in [-0.39, 0.29) is 0 Å². The quantitative estimate of drug-likeness (QED) is 0.505. The van der Waals surface area contributed by atoms with Crippen molar-refractivity contribution in [2.24, 2.45) is 0 Å². The lowest BCUT2D eigenvalue weighted by molar-refractivity contribution is 0.112. The van der Waals surface area contributed by atoms with Crippen molar-refractivity contribution >= 4 is 11.9 Å². The highest BCUT2D eigenvalue weighted by Gasteiger charge is 1.95. The lowest BCUT2D eigenvalue weighted by Crippen LogP contribution is -1.82. The van der Waals surface area contributed by atoms with E-state index in [1.165, 1.54) is 0 Å². The number of rotatable bonds is 3. The van der Waals surface area contributed by atoms with E-state index in [2.05, 4.69) is 6.58 Å². The fraction of sp³-hybridized carbons (Fsp3) is 0.0833. The van der Waals surface area contributed by atoms with Crippen molar-refractivity contribution in [1.29, 1.82) is 0 Å². The van der Waals surface area contributed by atoms with Crippen molar-refractivity contribution in [3.63, 3.8) is 0 Å². The molecular weight excluding hydrogens is 160 g/mol. The van der Waals surface area contributed by atoms with Gasteiger partial charge in [-0.3, -0.25) is 4.79 Å². The van der Waals surface area contributed by atoms with Gasteiger partial charge in [-0.25, -0.2) is 0 Å². The predicted octanol–water partition coefficient (Wildman–Crippen LogP) is 3.09. The summed E-state index contributed by atoms with van der Waals surface area (Å²) in [5, 5.41) is 0. The van der Waals surface area contributed by atoms with E-state index >= 15 is 0 Å². The normalized spacial score (nSPS) is 11.0. The van der Waals surface area contributed by atoms with Gasteiger partial charge in [0.15, 0.2) is 0 Å². The highest BCUT2D eigenvalue weighted by Crippen LogP contribution is 2.15. The number of carbonyl (C=O) groups is 1. The first-order chi connectivity index (χ1) is 6.31. The largest absolute Gasteiger partial charge is 0.298 e. The number of hydrogen-bond donors (Lipinski definition) is 0. The van der Waals surface area contributed by atoms with E-state index < -0.39 is 0 Å². The molecule has 0 unspecified atom stereocenters. The van der Waals surface area contributed by atoms with Crippen LogP contribution in [0.4, 0.5) is 0 Å². The van der Waals surface area contributed by atoms with Crippen LogP contribution in [0, 0.1) is 0 Å². The second-order valence-electron chi connectivity index (χ2n) is 2.69. The van der Waals surface area contributed by atoms with Gasteiger partial charge >= 0.3 is 0 Å². The number of hydrogen-bond acceptors (Lipinski definition) is 1. The van der Waals surface area contributed by atoms with Gasteiger partial charge in [-0.15, -0.1) is 0 Å². The van der Waals surface area contributed by atoms with Crippen LogP contribution >= 0.6 is 0 Å². The number of benzene rings is 1. The summed E-state index contributed by atoms with van der Waals surface area (Å²) < 4.78 is 0. The maximum atomic E-state index is 10.4. The Hall–Kier alpha value is -1.63. The molecule has 0 aliphatic rings. The van der Waals surface area contributed by atoms with E-state index in [0.29, 0.717) is 5.56 Å². The zero-order valence-electron chi connectivity index (χ0n) is 7.66. The summed E-state index contributed by atoms with van der Waals surface area (Å²) in [4.78, 5) is 10.4. The highest BCUT2D eigenvalue weighted by molar-refractivity contribution is 5.78. The standard InChI is InChI=1S/C12H12O/c1-3-11(4-2)12-7-5-10(9-13)6-8-12/h3-9H,1H2,2H3/b11-4+. The summed E-state index contributed by atoms with van der Waals surface area (Å²) in [5.74, 6) is 0. The molecule has 0 spiro atoms. The molecule has 0 saturated heterocycles. The highest BCUT2D eigenvalue weighted by atomic mass is 16.1. The average molecular weight is 172 g/mol. The van der Waals surface area contributed by atoms with Crippen molar-refractivity contribution in [1.82, 2.24) is 0 Å². The summed E-state index contributed by atoms with van der Waals surface area (Å²) >= 11 is 0. The minimum atomic E-state index is 0.697. The van der Waals surface area contributed by atoms with Gasteiger partial charge in [0.05, 0.1) is 0 Å². The van der Waals surface area contributed by atoms with E-state index in [1.807, 2.05) is 25.1 Å². The first kappa shape index (κ1) is 9.46. The van der Waals surface area contributed by atoms with E-state index in [4.69, 9.17) is 0 Å². The first-order valence-electron chi connectivity index (χ1n) is 4.16. The summed E-state index contributed by atoms with van der Waals surface area (Å²) in [6.45, 7) is 5.68. The van der Waals surface area contributed by atoms with Gasteiger partial charge in [0, 0.05) is 5.56 Å². The van der Waals surface area contributed by atoms with Crippen molar-refractivity contribution in [2.45, 2.75) is 6.92 Å². The molecule has 0 saturated carbocycles. The number of carbonyl (C=O) groups excluding carboxylic acids is 1. The molecule has 66 valence electrons. The summed E-state index contributed by atoms with van der Waals surface area (Å²) in [7, 11) is 0. The Morgan fingerprint density at radius 1 is 1.31 bits per heavy atom. The maximum Gasteiger partial charge on any atom is 0.150 e. The fourth-order valence-corrected chi connectivity index (χ4v) is 1.16. The van der Waals surface area contributed by atoms with Crippen molar-refractivity contribution in [3.8, 4) is 0 Å². The molecule has 0 aromatic heterocycles. The zero-order valence-corrected chi connectivity index (χ0v) is 7.66. The van der Waals surface area contributed by atoms with Gasteiger partial charge in [-0.05, 0) is 18.1 Å². The van der Waals surface area contributed by atoms with Crippen LogP contribution in [-0.4, -0.2) is 6.29 Å². The third-order valence-electron chi connectivity index (χ3n) is 1.91. The minimum absolute atomic E-state index is 0.697. The van der Waals surface area contributed by atoms with Crippen molar-refractivity contribution < 1.29 is 4.79 Å². The fourth-order valence-electron chi connectivity index (χ4n) is 1.16. The van der Waals surface area contributed by atoms with Gasteiger partial charge in [0.2, 0.25) is 0 Å². The molecule has 0 atom stereocenters. The Bertz CT molecular complexity index is 331. The van der Waals surface area contributed by atoms with Gasteiger partial charge in [-0.1, -0.05) is 43.0 Å². The summed E-state index contributed by atoms with van der Waals surface area (Å²) in [5.41, 5.74) is 2.86. The van der Waals surface area contributed by atoms with Gasteiger partial charge < -0.3 is 0 Å². The topological polar surface area (TPSA) is 17.1 Å². The second kappa shape index (κ2) is 4.41. The van der Waals surface area contributed by atoms with Gasteiger partial charge in [-0.2, -0.15) is 0 Å². The van der Waals surface area contributed by atoms with E-state index in [0.717, 1.165) is 17.4 Å². The smallest absolute Gasteiger partial charge is 0.150 e. The van der Waals surface area contributed by atoms with Gasteiger partial charge in [0.25, 0.3) is 0 Å². The summed E-state index contributed by atoms with van der Waals surface area (Å²) in [6, 6.07) is 7.44. The average Bonchev–Trinajstić information content (AvgIpc) is 2.21. The first-order valence-corrected chi connectivity index (χ1v) is 4.16. The molecule has 1 nitrogen and oxygen atoms in total. The maximum absolute atomic E-state index is 10.4. The second-order valence-corrected chi connectivity index (χ2v) is 2.69. The molecule has 13 heavy (non-hydrogen) atoms. The molecule has 1 aromatic rings. The van der Waals surface area contributed by atoms with E-state index in [9.17, 15) is 4.79 Å². The van der Waals surface area contributed by atoms with Crippen molar-refractivity contribution in [3.05, 3.63) is 54.1 Å². The van der Waals surface area contributed by atoms with Crippen LogP contribution in [0.2, 0.25) is 0 Å². The lowest BCUT2D eigenvalue weighted by Gasteiger charge is -2.00. The molecule has 0 amide bonds. The number of aldehydes is 1. The monoisotopic (exact) mass is 172 g/mol. The molecule has 0 aliphatic heterocycles. The van der Waals surface area contributed by atoms with Crippen LogP contribution < -0.4 is 0 Å². The van der Waals surface area contributed by atoms with E-state index in [1.54, 1.807) is 18.2 Å². The predicted molar refractivity (Wildman–Crippen MR) is 55.7 cm³/mol. The number of allylic oxidation sites excluding steroid dienone is 3. The Kier molecular flexibility index (Phi) is 3.21. The molecule has 0 N–H and O–H groups in total. The molecule has 0 aliphatic carbocycles. The Morgan fingerprint density at radius 2 is 1.92 bits per heavy atom. The third-order valence-corrected chi connectivity index (χ3v) is 1.91. The Labute approximate surface area is 78.4 Å². The molecule has 0 bridgehead atoms. The van der Waals surface area contributed by atoms with Crippen LogP contribution in [-0.2, 0) is 0 Å². The molecule has 0 heterocycles. The molecule has 1 heteroatoms. The van der Waals surface area contributed by atoms with Crippen LogP contribution in [0.3, 0.4) is 0 Å².